The second-order valence-corrected chi connectivity index (χ2v) is 10.5. The molecule has 0 spiro atoms. The Balaban J connectivity index is 0.00000294. The molecule has 3 aromatic carbocycles. The van der Waals surface area contributed by atoms with Crippen LogP contribution in [0.1, 0.15) is 51.6 Å². The first kappa shape index (κ1) is 35.3. The van der Waals surface area contributed by atoms with Gasteiger partial charge in [0.05, 0.1) is 24.0 Å². The molecule has 2 unspecified atom stereocenters. The SMILES string of the molecule is COc1nc2cc(SC(c3ccc(CCc4ccccc4)cc3)C(O)CCCC(=O)O)ccc2cc1C(=O)O.[NaH].[NaH]. The Morgan fingerprint density at radius 2 is 1.56 bits per heavy atom. The number of aromatic carboxylic acids is 1. The number of aliphatic hydroxyl groups is 1. The Bertz CT molecular complexity index is 1440. The number of fused-ring (bicyclic) bond motifs is 1. The molecule has 41 heavy (non-hydrogen) atoms. The van der Waals surface area contributed by atoms with Crippen LogP contribution in [0.15, 0.2) is 83.8 Å². The van der Waals surface area contributed by atoms with Crippen molar-refractivity contribution >= 4 is 93.7 Å². The fourth-order valence-electron chi connectivity index (χ4n) is 4.45. The van der Waals surface area contributed by atoms with Gasteiger partial charge in [0.1, 0.15) is 5.56 Å². The summed E-state index contributed by atoms with van der Waals surface area (Å²) in [5, 5.41) is 29.9. The monoisotopic (exact) mass is 593 g/mol. The molecule has 4 aromatic rings. The molecule has 0 bridgehead atoms. The molecule has 0 amide bonds. The van der Waals surface area contributed by atoms with Crippen LogP contribution in [0.5, 0.6) is 5.88 Å². The molecule has 7 nitrogen and oxygen atoms in total. The number of hydrogen-bond acceptors (Lipinski definition) is 6. The van der Waals surface area contributed by atoms with Gasteiger partial charge in [-0.2, -0.15) is 0 Å². The van der Waals surface area contributed by atoms with E-state index in [1.807, 2.05) is 42.5 Å². The summed E-state index contributed by atoms with van der Waals surface area (Å²) in [6, 6.07) is 25.6. The average molecular weight is 594 g/mol. The van der Waals surface area contributed by atoms with Crippen molar-refractivity contribution in [2.75, 3.05) is 7.11 Å². The first-order valence-electron chi connectivity index (χ1n) is 12.8. The van der Waals surface area contributed by atoms with Crippen molar-refractivity contribution in [3.8, 4) is 5.88 Å². The molecule has 0 aliphatic rings. The molecular formula is C31H33NNa2O6S. The number of pyridine rings is 1. The third kappa shape index (κ3) is 10.1. The van der Waals surface area contributed by atoms with E-state index in [1.54, 1.807) is 6.07 Å². The third-order valence-electron chi connectivity index (χ3n) is 6.53. The van der Waals surface area contributed by atoms with Crippen molar-refractivity contribution in [1.82, 2.24) is 4.98 Å². The predicted octanol–water partition coefficient (Wildman–Crippen LogP) is 4.88. The summed E-state index contributed by atoms with van der Waals surface area (Å²) in [5.41, 5.74) is 3.99. The Hall–Kier alpha value is -1.88. The molecule has 1 heterocycles. The Labute approximate surface area is 288 Å². The number of rotatable bonds is 13. The fraction of sp³-hybridized carbons (Fsp3) is 0.258. The van der Waals surface area contributed by atoms with Gasteiger partial charge < -0.3 is 20.1 Å². The Morgan fingerprint density at radius 3 is 2.17 bits per heavy atom. The van der Waals surface area contributed by atoms with E-state index < -0.39 is 18.0 Å². The number of aliphatic carboxylic acids is 1. The normalized spacial score (nSPS) is 12.0. The maximum absolute atomic E-state index is 11.5. The predicted molar refractivity (Wildman–Crippen MR) is 166 cm³/mol. The zero-order chi connectivity index (χ0) is 27.8. The summed E-state index contributed by atoms with van der Waals surface area (Å²) in [5.74, 6) is -1.96. The zero-order valence-electron chi connectivity index (χ0n) is 21.6. The number of thioether (sulfide) groups is 1. The first-order chi connectivity index (χ1) is 18.8. The van der Waals surface area contributed by atoms with Crippen molar-refractivity contribution in [3.05, 3.63) is 101 Å². The van der Waals surface area contributed by atoms with Gasteiger partial charge in [-0.15, -0.1) is 11.8 Å². The van der Waals surface area contributed by atoms with Gasteiger partial charge in [-0.05, 0) is 60.6 Å². The molecule has 0 radical (unpaired) electrons. The standard InChI is InChI=1S/C31H31NO6S.2Na.2H/c1-38-30-25(31(36)37)18-23-16-17-24(19-26(23)32-30)39-29(27(33)8-5-9-28(34)35)22-14-12-21(13-15-22)11-10-20-6-3-2-4-7-20;;;;/h2-4,6-7,12-19,27,29,33H,5,8-11H2,1H3,(H,34,35)(H,36,37);;;;. The van der Waals surface area contributed by atoms with Crippen LogP contribution in [0.2, 0.25) is 0 Å². The van der Waals surface area contributed by atoms with Gasteiger partial charge in [0, 0.05) is 16.7 Å². The molecular weight excluding hydrogens is 560 g/mol. The summed E-state index contributed by atoms with van der Waals surface area (Å²) < 4.78 is 5.18. The van der Waals surface area contributed by atoms with E-state index in [-0.39, 0.29) is 82.2 Å². The number of hydrogen-bond donors (Lipinski definition) is 3. The first-order valence-corrected chi connectivity index (χ1v) is 13.6. The number of ether oxygens (including phenoxy) is 1. The second kappa shape index (κ2) is 17.3. The van der Waals surface area contributed by atoms with Gasteiger partial charge in [0.15, 0.2) is 0 Å². The molecule has 0 saturated carbocycles. The van der Waals surface area contributed by atoms with Crippen molar-refractivity contribution in [1.29, 1.82) is 0 Å². The number of benzene rings is 3. The molecule has 1 aromatic heterocycles. The molecule has 0 aliphatic heterocycles. The van der Waals surface area contributed by atoms with Gasteiger partial charge in [-0.1, -0.05) is 60.7 Å². The maximum atomic E-state index is 11.5. The van der Waals surface area contributed by atoms with Gasteiger partial charge >= 0.3 is 71.1 Å². The van der Waals surface area contributed by atoms with E-state index in [1.165, 1.54) is 36.1 Å². The van der Waals surface area contributed by atoms with Crippen molar-refractivity contribution in [2.24, 2.45) is 0 Å². The summed E-state index contributed by atoms with van der Waals surface area (Å²) in [4.78, 5) is 27.8. The van der Waals surface area contributed by atoms with Crippen molar-refractivity contribution < 1.29 is 29.6 Å². The third-order valence-corrected chi connectivity index (χ3v) is 7.90. The van der Waals surface area contributed by atoms with Crippen molar-refractivity contribution in [2.45, 2.75) is 48.4 Å². The molecule has 10 heteroatoms. The minimum absolute atomic E-state index is 0. The van der Waals surface area contributed by atoms with E-state index in [9.17, 15) is 19.8 Å². The molecule has 0 saturated heterocycles. The van der Waals surface area contributed by atoms with Crippen LogP contribution in [-0.4, -0.2) is 105 Å². The quantitative estimate of drug-likeness (QED) is 0.148. The second-order valence-electron chi connectivity index (χ2n) is 9.32. The minimum atomic E-state index is -1.11. The molecule has 2 atom stereocenters. The number of nitrogens with zero attached hydrogens (tertiary/aromatic N) is 1. The van der Waals surface area contributed by atoms with Crippen LogP contribution in [0, 0.1) is 0 Å². The van der Waals surface area contributed by atoms with E-state index in [0.717, 1.165) is 23.3 Å². The van der Waals surface area contributed by atoms with Crippen LogP contribution in [-0.2, 0) is 17.6 Å². The number of aromatic nitrogens is 1. The van der Waals surface area contributed by atoms with Gasteiger partial charge in [0.25, 0.3) is 0 Å². The van der Waals surface area contributed by atoms with Crippen LogP contribution in [0.4, 0.5) is 0 Å². The van der Waals surface area contributed by atoms with Crippen LogP contribution in [0.3, 0.4) is 0 Å². The fourth-order valence-corrected chi connectivity index (χ4v) is 5.65. The zero-order valence-corrected chi connectivity index (χ0v) is 22.4. The van der Waals surface area contributed by atoms with E-state index >= 15 is 0 Å². The van der Waals surface area contributed by atoms with E-state index in [2.05, 4.69) is 29.2 Å². The summed E-state index contributed by atoms with van der Waals surface area (Å²) in [6.45, 7) is 0. The molecule has 3 N–H and O–H groups in total. The average Bonchev–Trinajstić information content (AvgIpc) is 2.94. The van der Waals surface area contributed by atoms with Gasteiger partial charge in [-0.25, -0.2) is 9.78 Å². The molecule has 206 valence electrons. The molecule has 0 fully saturated rings. The van der Waals surface area contributed by atoms with Gasteiger partial charge in [-0.3, -0.25) is 4.79 Å². The number of carboxylic acid groups (broad SMARTS) is 2. The molecule has 4 rings (SSSR count). The van der Waals surface area contributed by atoms with Crippen LogP contribution >= 0.6 is 11.8 Å². The number of methoxy groups -OCH3 is 1. The van der Waals surface area contributed by atoms with Gasteiger partial charge in [0.2, 0.25) is 5.88 Å². The number of aliphatic hydroxyl groups excluding tert-OH is 1. The number of carbonyl (C=O) groups is 2. The number of carboxylic acids is 2. The van der Waals surface area contributed by atoms with Crippen molar-refractivity contribution in [3.63, 3.8) is 0 Å². The van der Waals surface area contributed by atoms with E-state index in [4.69, 9.17) is 9.84 Å². The number of aryl methyl sites for hydroxylation is 2. The topological polar surface area (TPSA) is 117 Å². The Kier molecular flexibility index (Phi) is 14.9. The van der Waals surface area contributed by atoms with Crippen LogP contribution < -0.4 is 4.74 Å². The summed E-state index contributed by atoms with van der Waals surface area (Å²) in [7, 11) is 1.38. The molecule has 0 aliphatic carbocycles. The Morgan fingerprint density at radius 1 is 0.902 bits per heavy atom. The van der Waals surface area contributed by atoms with Crippen LogP contribution in [0.25, 0.3) is 10.9 Å². The van der Waals surface area contributed by atoms with E-state index in [0.29, 0.717) is 23.7 Å². The summed E-state index contributed by atoms with van der Waals surface area (Å²) in [6.07, 6.45) is 1.79. The summed E-state index contributed by atoms with van der Waals surface area (Å²) >= 11 is 1.47.